The van der Waals surface area contributed by atoms with Crippen LogP contribution in [-0.4, -0.2) is 16.8 Å². The Hall–Kier alpha value is -1.64. The molecule has 1 heterocycles. The van der Waals surface area contributed by atoms with Crippen LogP contribution in [0, 0.1) is 11.3 Å². The molecule has 21 heavy (non-hydrogen) atoms. The second kappa shape index (κ2) is 6.88. The molecule has 0 aliphatic heterocycles. The summed E-state index contributed by atoms with van der Waals surface area (Å²) in [4.78, 5) is 15.1. The van der Waals surface area contributed by atoms with Crippen LogP contribution in [0.5, 0.6) is 0 Å². The molecule has 0 atom stereocenters. The minimum atomic E-state index is 0.0325. The third-order valence-electron chi connectivity index (χ3n) is 3.10. The van der Waals surface area contributed by atoms with Crippen LogP contribution >= 0.6 is 27.3 Å². The van der Waals surface area contributed by atoms with E-state index in [1.807, 2.05) is 43.0 Å². The molecular weight excluding hydrogens is 348 g/mol. The van der Waals surface area contributed by atoms with Crippen molar-refractivity contribution in [2.45, 2.75) is 26.4 Å². The van der Waals surface area contributed by atoms with Gasteiger partial charge in [-0.15, -0.1) is 11.3 Å². The Morgan fingerprint density at radius 2 is 1.95 bits per heavy atom. The number of nitrogens with zero attached hydrogens (tertiary/aromatic N) is 2. The first kappa shape index (κ1) is 15.7. The highest BCUT2D eigenvalue weighted by Gasteiger charge is 2.20. The molecule has 0 N–H and O–H groups in total. The Morgan fingerprint density at radius 3 is 2.43 bits per heavy atom. The molecule has 108 valence electrons. The molecule has 0 unspecified atom stereocenters. The minimum Gasteiger partial charge on any atom is -0.331 e. The summed E-state index contributed by atoms with van der Waals surface area (Å²) < 4.78 is 0.952. The Labute approximate surface area is 136 Å². The lowest BCUT2D eigenvalue weighted by Crippen LogP contribution is -2.35. The zero-order valence-electron chi connectivity index (χ0n) is 11.8. The monoisotopic (exact) mass is 362 g/mol. The first-order valence-electron chi connectivity index (χ1n) is 6.56. The number of thiophene rings is 1. The van der Waals surface area contributed by atoms with Crippen molar-refractivity contribution in [1.82, 2.24) is 4.90 Å². The van der Waals surface area contributed by atoms with Crippen molar-refractivity contribution < 1.29 is 4.79 Å². The van der Waals surface area contributed by atoms with E-state index >= 15 is 0 Å². The van der Waals surface area contributed by atoms with Crippen LogP contribution in [0.25, 0.3) is 0 Å². The van der Waals surface area contributed by atoms with E-state index in [-0.39, 0.29) is 11.9 Å². The van der Waals surface area contributed by atoms with Gasteiger partial charge in [0.1, 0.15) is 0 Å². The van der Waals surface area contributed by atoms with E-state index in [0.29, 0.717) is 12.1 Å². The van der Waals surface area contributed by atoms with Crippen LogP contribution in [-0.2, 0) is 6.54 Å². The maximum atomic E-state index is 12.6. The van der Waals surface area contributed by atoms with Crippen molar-refractivity contribution in [2.24, 2.45) is 0 Å². The summed E-state index contributed by atoms with van der Waals surface area (Å²) in [5.41, 5.74) is 1.65. The Bertz CT molecular complexity index is 670. The molecule has 0 spiro atoms. The van der Waals surface area contributed by atoms with Crippen molar-refractivity contribution >= 4 is 33.2 Å². The molecule has 1 amide bonds. The van der Waals surface area contributed by atoms with Crippen molar-refractivity contribution in [2.75, 3.05) is 0 Å². The SMILES string of the molecule is CC(C)N(Cc1ccc(C#N)cc1)C(=O)c1ccc(Br)s1. The van der Waals surface area contributed by atoms with Crippen LogP contribution in [0.4, 0.5) is 0 Å². The van der Waals surface area contributed by atoms with Gasteiger partial charge < -0.3 is 4.90 Å². The van der Waals surface area contributed by atoms with Gasteiger partial charge in [-0.1, -0.05) is 12.1 Å². The minimum absolute atomic E-state index is 0.0325. The van der Waals surface area contributed by atoms with Gasteiger partial charge in [-0.05, 0) is 59.6 Å². The van der Waals surface area contributed by atoms with Gasteiger partial charge >= 0.3 is 0 Å². The molecule has 2 rings (SSSR count). The Balaban J connectivity index is 2.19. The van der Waals surface area contributed by atoms with E-state index < -0.39 is 0 Å². The molecule has 0 radical (unpaired) electrons. The molecule has 3 nitrogen and oxygen atoms in total. The van der Waals surface area contributed by atoms with Crippen LogP contribution in [0.3, 0.4) is 0 Å². The molecule has 5 heteroatoms. The van der Waals surface area contributed by atoms with E-state index in [1.54, 1.807) is 12.1 Å². The van der Waals surface area contributed by atoms with Gasteiger partial charge in [0, 0.05) is 12.6 Å². The topological polar surface area (TPSA) is 44.1 Å². The lowest BCUT2D eigenvalue weighted by atomic mass is 10.1. The van der Waals surface area contributed by atoms with Gasteiger partial charge in [-0.25, -0.2) is 0 Å². The molecule has 0 saturated heterocycles. The molecule has 2 aromatic rings. The van der Waals surface area contributed by atoms with Crippen molar-refractivity contribution in [1.29, 1.82) is 5.26 Å². The number of benzene rings is 1. The third kappa shape index (κ3) is 3.93. The lowest BCUT2D eigenvalue weighted by molar-refractivity contribution is 0.0695. The number of carbonyl (C=O) groups excluding carboxylic acids is 1. The van der Waals surface area contributed by atoms with Gasteiger partial charge in [0.05, 0.1) is 20.3 Å². The quantitative estimate of drug-likeness (QED) is 0.807. The van der Waals surface area contributed by atoms with Crippen molar-refractivity contribution in [3.8, 4) is 6.07 Å². The zero-order chi connectivity index (χ0) is 15.4. The summed E-state index contributed by atoms with van der Waals surface area (Å²) >= 11 is 4.83. The summed E-state index contributed by atoms with van der Waals surface area (Å²) in [5, 5.41) is 8.82. The molecule has 0 saturated carbocycles. The molecular formula is C16H15BrN2OS. The van der Waals surface area contributed by atoms with E-state index in [2.05, 4.69) is 22.0 Å². The van der Waals surface area contributed by atoms with Crippen LogP contribution in [0.1, 0.15) is 34.6 Å². The van der Waals surface area contributed by atoms with Crippen LogP contribution < -0.4 is 0 Å². The van der Waals surface area contributed by atoms with Gasteiger partial charge in [-0.2, -0.15) is 5.26 Å². The number of hydrogen-bond acceptors (Lipinski definition) is 3. The largest absolute Gasteiger partial charge is 0.331 e. The van der Waals surface area contributed by atoms with Gasteiger partial charge in [0.2, 0.25) is 0 Å². The fourth-order valence-corrected chi connectivity index (χ4v) is 3.28. The first-order valence-corrected chi connectivity index (χ1v) is 8.17. The smallest absolute Gasteiger partial charge is 0.264 e. The molecule has 1 aromatic heterocycles. The summed E-state index contributed by atoms with van der Waals surface area (Å²) in [7, 11) is 0. The summed E-state index contributed by atoms with van der Waals surface area (Å²) in [6.07, 6.45) is 0. The highest BCUT2D eigenvalue weighted by Crippen LogP contribution is 2.24. The Kier molecular flexibility index (Phi) is 5.16. The van der Waals surface area contributed by atoms with Gasteiger partial charge in [0.15, 0.2) is 0 Å². The fraction of sp³-hybridized carbons (Fsp3) is 0.250. The molecule has 0 fully saturated rings. The predicted molar refractivity (Wildman–Crippen MR) is 88.2 cm³/mol. The van der Waals surface area contributed by atoms with Crippen molar-refractivity contribution in [3.63, 3.8) is 0 Å². The number of nitriles is 1. The number of amides is 1. The molecule has 1 aromatic carbocycles. The summed E-state index contributed by atoms with van der Waals surface area (Å²) in [5.74, 6) is 0.0325. The van der Waals surface area contributed by atoms with Crippen LogP contribution in [0.15, 0.2) is 40.2 Å². The summed E-state index contributed by atoms with van der Waals surface area (Å²) in [6, 6.07) is 13.3. The third-order valence-corrected chi connectivity index (χ3v) is 4.72. The highest BCUT2D eigenvalue weighted by atomic mass is 79.9. The van der Waals surface area contributed by atoms with Gasteiger partial charge in [-0.3, -0.25) is 4.79 Å². The number of rotatable bonds is 4. The average molecular weight is 363 g/mol. The zero-order valence-corrected chi connectivity index (χ0v) is 14.2. The fourth-order valence-electron chi connectivity index (χ4n) is 1.94. The number of halogens is 1. The average Bonchev–Trinajstić information content (AvgIpc) is 2.91. The highest BCUT2D eigenvalue weighted by molar-refractivity contribution is 9.11. The van der Waals surface area contributed by atoms with Gasteiger partial charge in [0.25, 0.3) is 5.91 Å². The van der Waals surface area contributed by atoms with E-state index in [1.165, 1.54) is 11.3 Å². The number of carbonyl (C=O) groups is 1. The van der Waals surface area contributed by atoms with Crippen molar-refractivity contribution in [3.05, 3.63) is 56.2 Å². The summed E-state index contributed by atoms with van der Waals surface area (Å²) in [6.45, 7) is 4.55. The first-order chi connectivity index (χ1) is 10.0. The second-order valence-corrected chi connectivity index (χ2v) is 7.40. The normalized spacial score (nSPS) is 10.4. The standard InChI is InChI=1S/C16H15BrN2OS/c1-11(2)19(16(20)14-7-8-15(17)21-14)10-13-5-3-12(9-18)4-6-13/h3-8,11H,10H2,1-2H3. The van der Waals surface area contributed by atoms with Crippen LogP contribution in [0.2, 0.25) is 0 Å². The molecule has 0 aliphatic carbocycles. The lowest BCUT2D eigenvalue weighted by Gasteiger charge is -2.26. The number of hydrogen-bond donors (Lipinski definition) is 0. The van der Waals surface area contributed by atoms with E-state index in [0.717, 1.165) is 14.2 Å². The maximum Gasteiger partial charge on any atom is 0.264 e. The maximum absolute atomic E-state index is 12.6. The van der Waals surface area contributed by atoms with E-state index in [4.69, 9.17) is 5.26 Å². The molecule has 0 bridgehead atoms. The Morgan fingerprint density at radius 1 is 1.29 bits per heavy atom. The predicted octanol–water partition coefficient (Wildman–Crippen LogP) is 4.43. The van der Waals surface area contributed by atoms with E-state index in [9.17, 15) is 4.79 Å². The second-order valence-electron chi connectivity index (χ2n) is 4.94. The molecule has 0 aliphatic rings.